The minimum Gasteiger partial charge on any atom is -0.389 e. The number of aryl methyl sites for hydroxylation is 1. The highest BCUT2D eigenvalue weighted by Crippen LogP contribution is 2.06. The SMILES string of the molecule is CCCc1nc(C(=O)N(C)CC(C)(C)O)n[nH]1. The Kier molecular flexibility index (Phi) is 4.22. The van der Waals surface area contributed by atoms with Crippen LogP contribution in [0, 0.1) is 0 Å². The van der Waals surface area contributed by atoms with E-state index in [4.69, 9.17) is 0 Å². The third-order valence-electron chi connectivity index (χ3n) is 2.18. The molecule has 6 nitrogen and oxygen atoms in total. The molecule has 1 aromatic heterocycles. The van der Waals surface area contributed by atoms with Crippen molar-refractivity contribution in [3.05, 3.63) is 11.6 Å². The van der Waals surface area contributed by atoms with Gasteiger partial charge >= 0.3 is 0 Å². The second kappa shape index (κ2) is 5.27. The van der Waals surface area contributed by atoms with E-state index in [-0.39, 0.29) is 18.3 Å². The fraction of sp³-hybridized carbons (Fsp3) is 0.727. The zero-order valence-corrected chi connectivity index (χ0v) is 10.8. The third-order valence-corrected chi connectivity index (χ3v) is 2.18. The van der Waals surface area contributed by atoms with Crippen LogP contribution in [0.3, 0.4) is 0 Å². The summed E-state index contributed by atoms with van der Waals surface area (Å²) in [6.07, 6.45) is 1.72. The number of amides is 1. The van der Waals surface area contributed by atoms with Crippen LogP contribution in [0.25, 0.3) is 0 Å². The van der Waals surface area contributed by atoms with Crippen molar-refractivity contribution < 1.29 is 9.90 Å². The number of likely N-dealkylation sites (N-methyl/N-ethyl adjacent to an activating group) is 1. The number of carbonyl (C=O) groups is 1. The van der Waals surface area contributed by atoms with Gasteiger partial charge in [-0.1, -0.05) is 6.92 Å². The summed E-state index contributed by atoms with van der Waals surface area (Å²) >= 11 is 0. The summed E-state index contributed by atoms with van der Waals surface area (Å²) in [7, 11) is 1.62. The van der Waals surface area contributed by atoms with Crippen molar-refractivity contribution in [3.8, 4) is 0 Å². The summed E-state index contributed by atoms with van der Waals surface area (Å²) in [4.78, 5) is 17.4. The molecule has 96 valence electrons. The van der Waals surface area contributed by atoms with Crippen LogP contribution in [0.15, 0.2) is 0 Å². The predicted molar refractivity (Wildman–Crippen MR) is 63.6 cm³/mol. The number of nitrogens with zero attached hydrogens (tertiary/aromatic N) is 3. The average Bonchev–Trinajstić information content (AvgIpc) is 2.63. The lowest BCUT2D eigenvalue weighted by atomic mass is 10.1. The number of rotatable bonds is 5. The molecule has 6 heteroatoms. The van der Waals surface area contributed by atoms with Gasteiger partial charge in [-0.25, -0.2) is 4.98 Å². The summed E-state index contributed by atoms with van der Waals surface area (Å²) in [6, 6.07) is 0. The Bertz CT molecular complexity index is 381. The molecule has 0 unspecified atom stereocenters. The monoisotopic (exact) mass is 240 g/mol. The van der Waals surface area contributed by atoms with Gasteiger partial charge in [0.15, 0.2) is 0 Å². The van der Waals surface area contributed by atoms with Crippen molar-refractivity contribution in [3.63, 3.8) is 0 Å². The molecule has 0 atom stereocenters. The molecule has 0 saturated heterocycles. The molecule has 0 aliphatic rings. The van der Waals surface area contributed by atoms with E-state index in [1.807, 2.05) is 6.92 Å². The lowest BCUT2D eigenvalue weighted by Crippen LogP contribution is -2.40. The van der Waals surface area contributed by atoms with E-state index < -0.39 is 5.60 Å². The van der Waals surface area contributed by atoms with Gasteiger partial charge in [0.1, 0.15) is 5.82 Å². The van der Waals surface area contributed by atoms with E-state index in [1.165, 1.54) is 4.90 Å². The number of hydrogen-bond donors (Lipinski definition) is 2. The Morgan fingerprint density at radius 3 is 2.71 bits per heavy atom. The Balaban J connectivity index is 2.68. The van der Waals surface area contributed by atoms with Crippen LogP contribution in [-0.2, 0) is 6.42 Å². The highest BCUT2D eigenvalue weighted by molar-refractivity contribution is 5.90. The van der Waals surface area contributed by atoms with E-state index in [0.717, 1.165) is 12.8 Å². The zero-order valence-electron chi connectivity index (χ0n) is 10.8. The Morgan fingerprint density at radius 2 is 2.18 bits per heavy atom. The number of H-pyrrole nitrogens is 1. The van der Waals surface area contributed by atoms with E-state index in [1.54, 1.807) is 20.9 Å². The van der Waals surface area contributed by atoms with Gasteiger partial charge in [0, 0.05) is 20.0 Å². The minimum absolute atomic E-state index is 0.153. The molecule has 0 bridgehead atoms. The van der Waals surface area contributed by atoms with Gasteiger partial charge in [-0.15, -0.1) is 5.10 Å². The first-order valence-corrected chi connectivity index (χ1v) is 5.72. The molecule has 0 aliphatic carbocycles. The predicted octanol–water partition coefficient (Wildman–Crippen LogP) is 0.600. The number of aromatic nitrogens is 3. The Hall–Kier alpha value is -1.43. The topological polar surface area (TPSA) is 82.1 Å². The fourth-order valence-electron chi connectivity index (χ4n) is 1.56. The molecule has 0 spiro atoms. The smallest absolute Gasteiger partial charge is 0.293 e. The average molecular weight is 240 g/mol. The number of carbonyl (C=O) groups excluding carboxylic acids is 1. The van der Waals surface area contributed by atoms with Crippen molar-refractivity contribution >= 4 is 5.91 Å². The molecular formula is C11H20N4O2. The second-order valence-corrected chi connectivity index (χ2v) is 4.83. The van der Waals surface area contributed by atoms with Crippen LogP contribution in [0.2, 0.25) is 0 Å². The lowest BCUT2D eigenvalue weighted by Gasteiger charge is -2.24. The third kappa shape index (κ3) is 4.14. The maximum Gasteiger partial charge on any atom is 0.293 e. The first-order valence-electron chi connectivity index (χ1n) is 5.72. The molecule has 1 rings (SSSR count). The van der Waals surface area contributed by atoms with E-state index in [0.29, 0.717) is 5.82 Å². The molecule has 1 heterocycles. The molecule has 2 N–H and O–H groups in total. The van der Waals surface area contributed by atoms with Crippen LogP contribution in [0.4, 0.5) is 0 Å². The second-order valence-electron chi connectivity index (χ2n) is 4.83. The van der Waals surface area contributed by atoms with Gasteiger partial charge in [-0.05, 0) is 20.3 Å². The fourth-order valence-corrected chi connectivity index (χ4v) is 1.56. The summed E-state index contributed by atoms with van der Waals surface area (Å²) in [5.41, 5.74) is -0.924. The minimum atomic E-state index is -0.924. The van der Waals surface area contributed by atoms with Gasteiger partial charge in [0.2, 0.25) is 5.82 Å². The van der Waals surface area contributed by atoms with Gasteiger partial charge in [0.05, 0.1) is 5.60 Å². The highest BCUT2D eigenvalue weighted by Gasteiger charge is 2.22. The van der Waals surface area contributed by atoms with Crippen LogP contribution in [0.5, 0.6) is 0 Å². The van der Waals surface area contributed by atoms with Gasteiger partial charge in [0.25, 0.3) is 5.91 Å². The van der Waals surface area contributed by atoms with Crippen LogP contribution < -0.4 is 0 Å². The Morgan fingerprint density at radius 1 is 1.53 bits per heavy atom. The highest BCUT2D eigenvalue weighted by atomic mass is 16.3. The quantitative estimate of drug-likeness (QED) is 0.789. The van der Waals surface area contributed by atoms with Gasteiger partial charge in [-0.2, -0.15) is 0 Å². The normalized spacial score (nSPS) is 11.6. The van der Waals surface area contributed by atoms with Crippen molar-refractivity contribution in [2.75, 3.05) is 13.6 Å². The summed E-state index contributed by atoms with van der Waals surface area (Å²) in [5.74, 6) is 0.582. The van der Waals surface area contributed by atoms with Crippen LogP contribution in [-0.4, -0.2) is 50.3 Å². The number of hydrogen-bond acceptors (Lipinski definition) is 4. The van der Waals surface area contributed by atoms with E-state index in [9.17, 15) is 9.90 Å². The largest absolute Gasteiger partial charge is 0.389 e. The molecule has 1 aromatic rings. The van der Waals surface area contributed by atoms with Crippen LogP contribution >= 0.6 is 0 Å². The first-order chi connectivity index (χ1) is 7.83. The molecule has 0 aromatic carbocycles. The lowest BCUT2D eigenvalue weighted by molar-refractivity contribution is 0.0362. The van der Waals surface area contributed by atoms with Crippen molar-refractivity contribution in [1.29, 1.82) is 0 Å². The number of aliphatic hydroxyl groups is 1. The Labute approximate surface area is 101 Å². The van der Waals surface area contributed by atoms with Crippen LogP contribution in [0.1, 0.15) is 43.6 Å². The standard InChI is InChI=1S/C11H20N4O2/c1-5-6-8-12-9(14-13-8)10(16)15(4)7-11(2,3)17/h17H,5-7H2,1-4H3,(H,12,13,14). The van der Waals surface area contributed by atoms with Crippen molar-refractivity contribution in [1.82, 2.24) is 20.1 Å². The molecule has 0 fully saturated rings. The zero-order chi connectivity index (χ0) is 13.1. The van der Waals surface area contributed by atoms with E-state index >= 15 is 0 Å². The summed E-state index contributed by atoms with van der Waals surface area (Å²) in [6.45, 7) is 5.57. The molecule has 0 saturated carbocycles. The molecule has 17 heavy (non-hydrogen) atoms. The summed E-state index contributed by atoms with van der Waals surface area (Å²) in [5, 5.41) is 16.2. The maximum atomic E-state index is 11.9. The number of nitrogens with one attached hydrogen (secondary N) is 1. The molecule has 0 aliphatic heterocycles. The molecule has 0 radical (unpaired) electrons. The first kappa shape index (κ1) is 13.6. The maximum absolute atomic E-state index is 11.9. The van der Waals surface area contributed by atoms with Crippen molar-refractivity contribution in [2.45, 2.75) is 39.2 Å². The molecule has 1 amide bonds. The molecular weight excluding hydrogens is 220 g/mol. The number of aromatic amines is 1. The van der Waals surface area contributed by atoms with E-state index in [2.05, 4.69) is 15.2 Å². The van der Waals surface area contributed by atoms with Gasteiger partial charge < -0.3 is 10.0 Å². The van der Waals surface area contributed by atoms with Crippen molar-refractivity contribution in [2.24, 2.45) is 0 Å². The van der Waals surface area contributed by atoms with Gasteiger partial charge in [-0.3, -0.25) is 9.89 Å². The summed E-state index contributed by atoms with van der Waals surface area (Å²) < 4.78 is 0.